The van der Waals surface area contributed by atoms with Gasteiger partial charge in [0, 0.05) is 23.1 Å². The maximum atomic E-state index is 10.3. The van der Waals surface area contributed by atoms with Crippen LogP contribution in [0.15, 0.2) is 36.5 Å². The number of rotatable bonds is 2. The number of hydrogen-bond acceptors (Lipinski definition) is 2. The van der Waals surface area contributed by atoms with Crippen LogP contribution in [-0.2, 0) is 13.0 Å². The van der Waals surface area contributed by atoms with Crippen molar-refractivity contribution in [3.8, 4) is 5.69 Å². The van der Waals surface area contributed by atoms with Crippen LogP contribution in [0, 0.1) is 5.41 Å². The van der Waals surface area contributed by atoms with Gasteiger partial charge >= 0.3 is 0 Å². The van der Waals surface area contributed by atoms with Crippen LogP contribution in [0.5, 0.6) is 0 Å². The number of nitrogens with zero attached hydrogens (tertiary/aromatic N) is 1. The lowest BCUT2D eigenvalue weighted by Crippen LogP contribution is -2.26. The Bertz CT molecular complexity index is 610. The van der Waals surface area contributed by atoms with Crippen LogP contribution in [-0.4, -0.2) is 14.8 Å². The summed E-state index contributed by atoms with van der Waals surface area (Å²) in [5.41, 5.74) is 4.36. The van der Waals surface area contributed by atoms with E-state index in [1.165, 1.54) is 5.69 Å². The molecular weight excluding hydrogens is 250 g/mol. The number of benzene rings is 1. The second-order valence-electron chi connectivity index (χ2n) is 6.47. The molecule has 3 nitrogen and oxygen atoms in total. The fourth-order valence-electron chi connectivity index (χ4n) is 3.13. The molecule has 0 radical (unpaired) electrons. The molecule has 2 N–H and O–H groups in total. The standard InChI is InChI=1S/C17H21NO2/c1-17(2)9-15-14(16(20)10-17)7-8-18(15)13-5-3-12(11-19)4-6-13/h3-8,16,19-20H,9-11H2,1-2H3. The predicted octanol–water partition coefficient (Wildman–Crippen LogP) is 2.98. The van der Waals surface area contributed by atoms with Crippen molar-refractivity contribution in [1.82, 2.24) is 4.57 Å². The molecule has 20 heavy (non-hydrogen) atoms. The minimum atomic E-state index is -0.369. The van der Waals surface area contributed by atoms with E-state index in [-0.39, 0.29) is 18.1 Å². The molecule has 0 bridgehead atoms. The van der Waals surface area contributed by atoms with Crippen molar-refractivity contribution in [2.45, 2.75) is 39.4 Å². The van der Waals surface area contributed by atoms with Gasteiger partial charge in [0.25, 0.3) is 0 Å². The zero-order chi connectivity index (χ0) is 14.3. The van der Waals surface area contributed by atoms with E-state index in [1.807, 2.05) is 36.5 Å². The van der Waals surface area contributed by atoms with Crippen molar-refractivity contribution < 1.29 is 10.2 Å². The Hall–Kier alpha value is -1.58. The highest BCUT2D eigenvalue weighted by Crippen LogP contribution is 2.41. The van der Waals surface area contributed by atoms with Crippen molar-refractivity contribution in [2.24, 2.45) is 5.41 Å². The van der Waals surface area contributed by atoms with Crippen molar-refractivity contribution in [3.63, 3.8) is 0 Å². The van der Waals surface area contributed by atoms with Gasteiger partial charge in [-0.3, -0.25) is 0 Å². The van der Waals surface area contributed by atoms with Gasteiger partial charge in [0.1, 0.15) is 0 Å². The molecule has 1 aliphatic rings. The van der Waals surface area contributed by atoms with E-state index in [4.69, 9.17) is 5.11 Å². The van der Waals surface area contributed by atoms with Crippen LogP contribution in [0.25, 0.3) is 5.69 Å². The van der Waals surface area contributed by atoms with Gasteiger partial charge in [-0.25, -0.2) is 0 Å². The molecule has 1 atom stereocenters. The first-order valence-corrected chi connectivity index (χ1v) is 7.08. The van der Waals surface area contributed by atoms with E-state index in [1.54, 1.807) is 0 Å². The zero-order valence-electron chi connectivity index (χ0n) is 12.0. The van der Waals surface area contributed by atoms with Gasteiger partial charge in [-0.1, -0.05) is 26.0 Å². The molecular formula is C17H21NO2. The molecule has 1 unspecified atom stereocenters. The summed E-state index contributed by atoms with van der Waals surface area (Å²) in [5, 5.41) is 19.4. The van der Waals surface area contributed by atoms with Crippen LogP contribution in [0.2, 0.25) is 0 Å². The molecule has 1 aromatic carbocycles. The maximum absolute atomic E-state index is 10.3. The summed E-state index contributed by atoms with van der Waals surface area (Å²) in [6.07, 6.45) is 3.44. The fourth-order valence-corrected chi connectivity index (χ4v) is 3.13. The zero-order valence-corrected chi connectivity index (χ0v) is 12.0. The molecule has 0 aliphatic heterocycles. The van der Waals surface area contributed by atoms with Gasteiger partial charge in [-0.05, 0) is 42.0 Å². The Labute approximate surface area is 119 Å². The highest BCUT2D eigenvalue weighted by Gasteiger charge is 2.33. The van der Waals surface area contributed by atoms with Gasteiger partial charge in [0.2, 0.25) is 0 Å². The van der Waals surface area contributed by atoms with E-state index in [0.29, 0.717) is 0 Å². The molecule has 1 aliphatic carbocycles. The van der Waals surface area contributed by atoms with Crippen molar-refractivity contribution >= 4 is 0 Å². The second-order valence-corrected chi connectivity index (χ2v) is 6.47. The quantitative estimate of drug-likeness (QED) is 0.882. The average Bonchev–Trinajstić information content (AvgIpc) is 2.81. The number of hydrogen-bond donors (Lipinski definition) is 2. The van der Waals surface area contributed by atoms with Gasteiger partial charge in [0.05, 0.1) is 12.7 Å². The van der Waals surface area contributed by atoms with Crippen LogP contribution in [0.1, 0.15) is 43.2 Å². The van der Waals surface area contributed by atoms with Crippen molar-refractivity contribution in [1.29, 1.82) is 0 Å². The Morgan fingerprint density at radius 2 is 1.90 bits per heavy atom. The second kappa shape index (κ2) is 4.76. The van der Waals surface area contributed by atoms with Crippen molar-refractivity contribution in [2.75, 3.05) is 0 Å². The fraction of sp³-hybridized carbons (Fsp3) is 0.412. The van der Waals surface area contributed by atoms with E-state index < -0.39 is 0 Å². The van der Waals surface area contributed by atoms with E-state index in [0.717, 1.165) is 29.7 Å². The van der Waals surface area contributed by atoms with Crippen LogP contribution >= 0.6 is 0 Å². The Kier molecular flexibility index (Phi) is 3.19. The van der Waals surface area contributed by atoms with Crippen LogP contribution in [0.4, 0.5) is 0 Å². The van der Waals surface area contributed by atoms with Gasteiger partial charge in [0.15, 0.2) is 0 Å². The monoisotopic (exact) mass is 271 g/mol. The molecule has 3 rings (SSSR count). The Balaban J connectivity index is 2.03. The first kappa shape index (κ1) is 13.4. The number of aliphatic hydroxyl groups is 2. The molecule has 3 heteroatoms. The third-order valence-electron chi connectivity index (χ3n) is 4.18. The summed E-state index contributed by atoms with van der Waals surface area (Å²) < 4.78 is 2.15. The molecule has 2 aromatic rings. The van der Waals surface area contributed by atoms with Crippen LogP contribution in [0.3, 0.4) is 0 Å². The van der Waals surface area contributed by atoms with Gasteiger partial charge in [-0.15, -0.1) is 0 Å². The predicted molar refractivity (Wildman–Crippen MR) is 78.8 cm³/mol. The summed E-state index contributed by atoms with van der Waals surface area (Å²) in [7, 11) is 0. The summed E-state index contributed by atoms with van der Waals surface area (Å²) >= 11 is 0. The lowest BCUT2D eigenvalue weighted by Gasteiger charge is -2.34. The van der Waals surface area contributed by atoms with Crippen LogP contribution < -0.4 is 0 Å². The largest absolute Gasteiger partial charge is 0.392 e. The highest BCUT2D eigenvalue weighted by molar-refractivity contribution is 5.41. The third kappa shape index (κ3) is 2.28. The maximum Gasteiger partial charge on any atom is 0.0812 e. The molecule has 1 heterocycles. The smallest absolute Gasteiger partial charge is 0.0812 e. The Morgan fingerprint density at radius 3 is 2.55 bits per heavy atom. The van der Waals surface area contributed by atoms with E-state index in [9.17, 15) is 5.11 Å². The normalized spacial score (nSPS) is 20.7. The molecule has 0 spiro atoms. The molecule has 106 valence electrons. The van der Waals surface area contributed by atoms with Gasteiger partial charge in [-0.2, -0.15) is 0 Å². The number of aliphatic hydroxyl groups excluding tert-OH is 2. The SMILES string of the molecule is CC1(C)Cc2c(ccn2-c2ccc(CO)cc2)C(O)C1. The topological polar surface area (TPSA) is 45.4 Å². The summed E-state index contributed by atoms with van der Waals surface area (Å²) in [5.74, 6) is 0. The summed E-state index contributed by atoms with van der Waals surface area (Å²) in [4.78, 5) is 0. The Morgan fingerprint density at radius 1 is 1.20 bits per heavy atom. The lowest BCUT2D eigenvalue weighted by atomic mass is 9.75. The van der Waals surface area contributed by atoms with Gasteiger partial charge < -0.3 is 14.8 Å². The average molecular weight is 271 g/mol. The molecule has 0 saturated carbocycles. The first-order chi connectivity index (χ1) is 9.50. The van der Waals surface area contributed by atoms with E-state index >= 15 is 0 Å². The molecule has 0 fully saturated rings. The molecule has 0 amide bonds. The molecule has 1 aromatic heterocycles. The minimum Gasteiger partial charge on any atom is -0.392 e. The van der Waals surface area contributed by atoms with E-state index in [2.05, 4.69) is 18.4 Å². The van der Waals surface area contributed by atoms with Crippen molar-refractivity contribution in [3.05, 3.63) is 53.3 Å². The summed E-state index contributed by atoms with van der Waals surface area (Å²) in [6, 6.07) is 9.92. The number of fused-ring (bicyclic) bond motifs is 1. The molecule has 0 saturated heterocycles. The lowest BCUT2D eigenvalue weighted by molar-refractivity contribution is 0.0987. The number of aromatic nitrogens is 1. The third-order valence-corrected chi connectivity index (χ3v) is 4.18. The summed E-state index contributed by atoms with van der Waals surface area (Å²) in [6.45, 7) is 4.46. The first-order valence-electron chi connectivity index (χ1n) is 7.08. The highest BCUT2D eigenvalue weighted by atomic mass is 16.3. The minimum absolute atomic E-state index is 0.0653.